The minimum atomic E-state index is -0.287. The van der Waals surface area contributed by atoms with Crippen LogP contribution in [0.1, 0.15) is 43.1 Å². The van der Waals surface area contributed by atoms with Gasteiger partial charge in [0.2, 0.25) is 5.95 Å². The van der Waals surface area contributed by atoms with E-state index < -0.39 is 0 Å². The molecule has 33 heavy (non-hydrogen) atoms. The maximum Gasteiger partial charge on any atom is 0.237 e. The van der Waals surface area contributed by atoms with Gasteiger partial charge in [0.25, 0.3) is 0 Å². The second-order valence-electron chi connectivity index (χ2n) is 9.81. The SMILES string of the molecule is Cc1cn2c(/N=C3\CC(C4CC4)NN3)nc(C3(C)C=NN(CCc4ccccc4)C3)cc2n1. The Labute approximate surface area is 193 Å². The van der Waals surface area contributed by atoms with E-state index in [1.54, 1.807) is 0 Å². The van der Waals surface area contributed by atoms with Crippen LogP contribution in [0, 0.1) is 12.8 Å². The van der Waals surface area contributed by atoms with E-state index >= 15 is 0 Å². The summed E-state index contributed by atoms with van der Waals surface area (Å²) in [4.78, 5) is 14.7. The summed E-state index contributed by atoms with van der Waals surface area (Å²) >= 11 is 0. The molecule has 2 aromatic heterocycles. The number of nitrogens with zero attached hydrogens (tertiary/aromatic N) is 6. The van der Waals surface area contributed by atoms with Crippen molar-refractivity contribution in [2.45, 2.75) is 51.0 Å². The van der Waals surface area contributed by atoms with Crippen molar-refractivity contribution in [3.8, 4) is 0 Å². The Bertz CT molecular complexity index is 1230. The fourth-order valence-electron chi connectivity index (χ4n) is 4.79. The van der Waals surface area contributed by atoms with Crippen LogP contribution >= 0.6 is 0 Å². The zero-order valence-corrected chi connectivity index (χ0v) is 19.2. The molecule has 2 atom stereocenters. The van der Waals surface area contributed by atoms with Gasteiger partial charge in [-0.05, 0) is 44.6 Å². The second kappa shape index (κ2) is 7.95. The Hall–Kier alpha value is -3.26. The van der Waals surface area contributed by atoms with Crippen LogP contribution < -0.4 is 10.9 Å². The molecule has 1 aromatic carbocycles. The van der Waals surface area contributed by atoms with Crippen LogP contribution in [0.3, 0.4) is 0 Å². The molecule has 0 amide bonds. The number of nitrogens with one attached hydrogen (secondary N) is 2. The molecule has 6 rings (SSSR count). The molecule has 2 fully saturated rings. The fourth-order valence-corrected chi connectivity index (χ4v) is 4.79. The highest BCUT2D eigenvalue weighted by Crippen LogP contribution is 2.35. The van der Waals surface area contributed by atoms with Crippen molar-refractivity contribution in [1.29, 1.82) is 0 Å². The summed E-state index contributed by atoms with van der Waals surface area (Å²) in [5.74, 6) is 2.38. The van der Waals surface area contributed by atoms with Gasteiger partial charge >= 0.3 is 0 Å². The van der Waals surface area contributed by atoms with Crippen molar-refractivity contribution >= 4 is 23.6 Å². The van der Waals surface area contributed by atoms with Gasteiger partial charge in [0.05, 0.1) is 23.3 Å². The lowest BCUT2D eigenvalue weighted by atomic mass is 9.88. The van der Waals surface area contributed by atoms with Crippen LogP contribution in [0.25, 0.3) is 5.65 Å². The number of hydrazine groups is 1. The smallest absolute Gasteiger partial charge is 0.237 e. The minimum Gasteiger partial charge on any atom is -0.309 e. The number of hydrazone groups is 1. The van der Waals surface area contributed by atoms with Crippen LogP contribution in [0.4, 0.5) is 5.95 Å². The van der Waals surface area contributed by atoms with Crippen LogP contribution in [0.5, 0.6) is 0 Å². The molecule has 4 heterocycles. The predicted molar refractivity (Wildman–Crippen MR) is 130 cm³/mol. The Balaban J connectivity index is 1.25. The van der Waals surface area contributed by atoms with E-state index in [1.807, 2.05) is 23.7 Å². The van der Waals surface area contributed by atoms with Crippen molar-refractivity contribution in [3.63, 3.8) is 0 Å². The van der Waals surface area contributed by atoms with Crippen molar-refractivity contribution in [3.05, 3.63) is 59.5 Å². The van der Waals surface area contributed by atoms with Crippen LogP contribution in [-0.4, -0.2) is 50.6 Å². The molecule has 1 saturated heterocycles. The van der Waals surface area contributed by atoms with Gasteiger partial charge in [0, 0.05) is 37.5 Å². The van der Waals surface area contributed by atoms with Gasteiger partial charge in [-0.3, -0.25) is 9.41 Å². The van der Waals surface area contributed by atoms with Gasteiger partial charge in [0.1, 0.15) is 11.5 Å². The molecule has 3 aromatic rings. The zero-order valence-electron chi connectivity index (χ0n) is 19.2. The van der Waals surface area contributed by atoms with E-state index in [-0.39, 0.29) is 5.41 Å². The topological polar surface area (TPSA) is 82.2 Å². The van der Waals surface area contributed by atoms with Gasteiger partial charge < -0.3 is 5.43 Å². The number of hydrogen-bond donors (Lipinski definition) is 2. The van der Waals surface area contributed by atoms with Crippen molar-refractivity contribution < 1.29 is 0 Å². The van der Waals surface area contributed by atoms with E-state index in [9.17, 15) is 0 Å². The minimum absolute atomic E-state index is 0.287. The maximum atomic E-state index is 5.02. The molecular weight excluding hydrogens is 412 g/mol. The Kier molecular flexibility index (Phi) is 4.90. The van der Waals surface area contributed by atoms with Crippen LogP contribution in [0.2, 0.25) is 0 Å². The van der Waals surface area contributed by atoms with Crippen molar-refractivity contribution in [2.24, 2.45) is 16.0 Å². The molecule has 3 aliphatic rings. The summed E-state index contributed by atoms with van der Waals surface area (Å²) in [6.45, 7) is 5.88. The van der Waals surface area contributed by atoms with E-state index in [0.717, 1.165) is 54.7 Å². The lowest BCUT2D eigenvalue weighted by molar-refractivity contribution is 0.288. The summed E-state index contributed by atoms with van der Waals surface area (Å²) in [5, 5.41) is 6.86. The Morgan fingerprint density at radius 2 is 2.03 bits per heavy atom. The first kappa shape index (κ1) is 20.4. The summed E-state index contributed by atoms with van der Waals surface area (Å²) in [6.07, 6.45) is 8.54. The highest BCUT2D eigenvalue weighted by Gasteiger charge is 2.36. The third kappa shape index (κ3) is 4.11. The van der Waals surface area contributed by atoms with E-state index in [2.05, 4.69) is 59.2 Å². The van der Waals surface area contributed by atoms with E-state index in [1.165, 1.54) is 18.4 Å². The van der Waals surface area contributed by atoms with Gasteiger partial charge in [0.15, 0.2) is 0 Å². The molecule has 2 unspecified atom stereocenters. The number of rotatable bonds is 6. The van der Waals surface area contributed by atoms with Crippen LogP contribution in [0.15, 0.2) is 52.7 Å². The molecular formula is C25H30N8. The standard InChI is InChI=1S/C25H30N8/c1-17-14-33-23(27-17)13-21(28-24(33)29-22-12-20(30-31-22)19-8-9-19)25(2)15-26-32(16-25)11-10-18-6-4-3-5-7-18/h3-7,13-15,19-20,30H,8-12,16H2,1-2H3,(H,28,29,31). The van der Waals surface area contributed by atoms with E-state index in [4.69, 9.17) is 20.1 Å². The van der Waals surface area contributed by atoms with Crippen LogP contribution in [-0.2, 0) is 11.8 Å². The first-order valence-corrected chi connectivity index (χ1v) is 11.9. The number of amidine groups is 1. The van der Waals surface area contributed by atoms with Gasteiger partial charge in [-0.15, -0.1) is 0 Å². The zero-order chi connectivity index (χ0) is 22.4. The summed E-state index contributed by atoms with van der Waals surface area (Å²) in [7, 11) is 0. The first-order chi connectivity index (χ1) is 16.1. The fraction of sp³-hybridized carbons (Fsp3) is 0.440. The van der Waals surface area contributed by atoms with Gasteiger partial charge in [-0.2, -0.15) is 10.1 Å². The molecule has 1 aliphatic carbocycles. The highest BCUT2D eigenvalue weighted by molar-refractivity contribution is 5.86. The predicted octanol–water partition coefficient (Wildman–Crippen LogP) is 3.15. The number of imidazole rings is 1. The highest BCUT2D eigenvalue weighted by atomic mass is 15.5. The molecule has 0 spiro atoms. The van der Waals surface area contributed by atoms with E-state index in [0.29, 0.717) is 12.0 Å². The molecule has 2 aliphatic heterocycles. The summed E-state index contributed by atoms with van der Waals surface area (Å²) < 4.78 is 1.99. The quantitative estimate of drug-likeness (QED) is 0.613. The number of aliphatic imine (C=N–C) groups is 1. The normalized spacial score (nSPS) is 25.9. The number of fused-ring (bicyclic) bond motifs is 1. The Morgan fingerprint density at radius 1 is 1.18 bits per heavy atom. The van der Waals surface area contributed by atoms with Gasteiger partial charge in [-0.1, -0.05) is 30.3 Å². The first-order valence-electron chi connectivity index (χ1n) is 11.9. The molecule has 170 valence electrons. The van der Waals surface area contributed by atoms with Crippen molar-refractivity contribution in [2.75, 3.05) is 13.1 Å². The number of benzene rings is 1. The maximum absolute atomic E-state index is 5.02. The summed E-state index contributed by atoms with van der Waals surface area (Å²) in [6, 6.07) is 13.1. The lowest BCUT2D eigenvalue weighted by Gasteiger charge is -2.23. The molecule has 8 heteroatoms. The Morgan fingerprint density at radius 3 is 2.85 bits per heavy atom. The molecule has 0 bridgehead atoms. The van der Waals surface area contributed by atoms with Gasteiger partial charge in [-0.25, -0.2) is 15.4 Å². The molecule has 8 nitrogen and oxygen atoms in total. The number of hydrogen-bond acceptors (Lipinski definition) is 6. The van der Waals surface area contributed by atoms with Crippen molar-refractivity contribution in [1.82, 2.24) is 30.2 Å². The third-order valence-corrected chi connectivity index (χ3v) is 6.90. The third-order valence-electron chi connectivity index (χ3n) is 6.90. The average Bonchev–Trinajstić information content (AvgIpc) is 3.24. The lowest BCUT2D eigenvalue weighted by Crippen LogP contribution is -2.33. The summed E-state index contributed by atoms with van der Waals surface area (Å²) in [5.41, 5.74) is 10.5. The molecule has 1 saturated carbocycles. The number of aromatic nitrogens is 3. The largest absolute Gasteiger partial charge is 0.309 e. The molecule has 0 radical (unpaired) electrons. The monoisotopic (exact) mass is 442 g/mol. The average molecular weight is 443 g/mol. The molecule has 2 N–H and O–H groups in total. The second-order valence-corrected chi connectivity index (χ2v) is 9.81. The number of aryl methyl sites for hydroxylation is 1.